The summed E-state index contributed by atoms with van der Waals surface area (Å²) in [6.45, 7) is 6.92. The van der Waals surface area contributed by atoms with E-state index in [1.54, 1.807) is 0 Å². The number of amides is 1. The van der Waals surface area contributed by atoms with Gasteiger partial charge in [0.15, 0.2) is 0 Å². The Kier molecular flexibility index (Phi) is 7.10. The molecule has 0 aliphatic carbocycles. The van der Waals surface area contributed by atoms with Crippen LogP contribution in [0.1, 0.15) is 32.8 Å². The number of rotatable bonds is 7. The molecule has 0 saturated heterocycles. The molecule has 0 aromatic heterocycles. The van der Waals surface area contributed by atoms with Crippen LogP contribution in [-0.2, 0) is 11.2 Å². The molecule has 0 radical (unpaired) electrons. The Bertz CT molecular complexity index is 390. The van der Waals surface area contributed by atoms with Crippen LogP contribution < -0.4 is 10.6 Å². The Morgan fingerprint density at radius 3 is 2.42 bits per heavy atom. The van der Waals surface area contributed by atoms with Gasteiger partial charge in [-0.05, 0) is 31.0 Å². The summed E-state index contributed by atoms with van der Waals surface area (Å²) in [6.07, 6.45) is 1.39. The Morgan fingerprint density at radius 1 is 1.21 bits per heavy atom. The highest BCUT2D eigenvalue weighted by atomic mass is 79.9. The molecule has 0 aliphatic heterocycles. The first-order valence-electron chi connectivity index (χ1n) is 6.74. The van der Waals surface area contributed by atoms with Crippen LogP contribution in [0.2, 0.25) is 0 Å². The zero-order valence-electron chi connectivity index (χ0n) is 11.9. The van der Waals surface area contributed by atoms with Crippen molar-refractivity contribution in [3.63, 3.8) is 0 Å². The number of hydrogen-bond acceptors (Lipinski definition) is 2. The van der Waals surface area contributed by atoms with E-state index in [4.69, 9.17) is 0 Å². The predicted octanol–water partition coefficient (Wildman–Crippen LogP) is 2.88. The molecule has 1 aromatic carbocycles. The van der Waals surface area contributed by atoms with Crippen molar-refractivity contribution in [2.45, 2.75) is 45.7 Å². The van der Waals surface area contributed by atoms with E-state index in [0.717, 1.165) is 17.4 Å². The molecule has 1 amide bonds. The van der Waals surface area contributed by atoms with Gasteiger partial charge in [0.25, 0.3) is 0 Å². The molecule has 0 spiro atoms. The highest BCUT2D eigenvalue weighted by Crippen LogP contribution is 2.11. The highest BCUT2D eigenvalue weighted by Gasteiger charge is 2.08. The molecule has 0 aliphatic rings. The molecular weight excluding hydrogens is 304 g/mol. The lowest BCUT2D eigenvalue weighted by Gasteiger charge is -2.15. The fraction of sp³-hybridized carbons (Fsp3) is 0.533. The molecule has 1 unspecified atom stereocenters. The van der Waals surface area contributed by atoms with Crippen molar-refractivity contribution in [2.75, 3.05) is 6.54 Å². The first-order chi connectivity index (χ1) is 8.97. The highest BCUT2D eigenvalue weighted by molar-refractivity contribution is 9.10. The van der Waals surface area contributed by atoms with Crippen LogP contribution in [0.15, 0.2) is 28.7 Å². The molecule has 1 atom stereocenters. The number of benzene rings is 1. The van der Waals surface area contributed by atoms with E-state index < -0.39 is 0 Å². The summed E-state index contributed by atoms with van der Waals surface area (Å²) >= 11 is 3.42. The second-order valence-electron chi connectivity index (χ2n) is 5.16. The van der Waals surface area contributed by atoms with Crippen molar-refractivity contribution >= 4 is 21.8 Å². The quantitative estimate of drug-likeness (QED) is 0.808. The van der Waals surface area contributed by atoms with E-state index in [1.807, 2.05) is 19.1 Å². The Morgan fingerprint density at radius 2 is 1.84 bits per heavy atom. The maximum Gasteiger partial charge on any atom is 0.221 e. The Balaban J connectivity index is 2.28. The van der Waals surface area contributed by atoms with Gasteiger partial charge in [0, 0.05) is 29.5 Å². The normalized spacial score (nSPS) is 12.5. The zero-order valence-corrected chi connectivity index (χ0v) is 13.5. The smallest absolute Gasteiger partial charge is 0.221 e. The zero-order chi connectivity index (χ0) is 14.3. The third-order valence-corrected chi connectivity index (χ3v) is 3.30. The summed E-state index contributed by atoms with van der Waals surface area (Å²) in [5.74, 6) is 0.109. The maximum atomic E-state index is 11.7. The van der Waals surface area contributed by atoms with Crippen LogP contribution in [0.3, 0.4) is 0 Å². The van der Waals surface area contributed by atoms with Gasteiger partial charge in [-0.2, -0.15) is 0 Å². The van der Waals surface area contributed by atoms with E-state index in [0.29, 0.717) is 12.5 Å². The van der Waals surface area contributed by atoms with Gasteiger partial charge in [-0.3, -0.25) is 4.79 Å². The molecule has 0 heterocycles. The van der Waals surface area contributed by atoms with Gasteiger partial charge in [0.05, 0.1) is 0 Å². The lowest BCUT2D eigenvalue weighted by Crippen LogP contribution is -2.36. The fourth-order valence-electron chi connectivity index (χ4n) is 1.85. The molecule has 1 aromatic rings. The first kappa shape index (κ1) is 16.2. The van der Waals surface area contributed by atoms with Crippen molar-refractivity contribution in [1.29, 1.82) is 0 Å². The third kappa shape index (κ3) is 7.33. The van der Waals surface area contributed by atoms with E-state index in [1.165, 1.54) is 5.56 Å². The monoisotopic (exact) mass is 326 g/mol. The Hall–Kier alpha value is -0.870. The molecule has 3 nitrogen and oxygen atoms in total. The lowest BCUT2D eigenvalue weighted by atomic mass is 10.1. The molecule has 0 saturated carbocycles. The van der Waals surface area contributed by atoms with E-state index in [-0.39, 0.29) is 11.9 Å². The minimum atomic E-state index is 0.109. The van der Waals surface area contributed by atoms with E-state index in [9.17, 15) is 4.79 Å². The molecular formula is C15H23BrN2O. The largest absolute Gasteiger partial charge is 0.353 e. The topological polar surface area (TPSA) is 41.1 Å². The molecule has 1 rings (SSSR count). The van der Waals surface area contributed by atoms with E-state index in [2.05, 4.69) is 52.5 Å². The molecule has 4 heteroatoms. The van der Waals surface area contributed by atoms with Crippen LogP contribution in [0.5, 0.6) is 0 Å². The lowest BCUT2D eigenvalue weighted by molar-refractivity contribution is -0.121. The number of halogens is 1. The molecule has 0 fully saturated rings. The summed E-state index contributed by atoms with van der Waals surface area (Å²) in [6, 6.07) is 8.79. The third-order valence-electron chi connectivity index (χ3n) is 2.77. The second-order valence-corrected chi connectivity index (χ2v) is 6.07. The minimum Gasteiger partial charge on any atom is -0.353 e. The van der Waals surface area contributed by atoms with Gasteiger partial charge < -0.3 is 10.6 Å². The standard InChI is InChI=1S/C15H23BrN2O/c1-11(2)17-9-8-15(19)18-12(3)10-13-4-6-14(16)7-5-13/h4-7,11-12,17H,8-10H2,1-3H3,(H,18,19). The van der Waals surface area contributed by atoms with Crippen molar-refractivity contribution in [3.05, 3.63) is 34.3 Å². The van der Waals surface area contributed by atoms with Gasteiger partial charge in [0.2, 0.25) is 5.91 Å². The van der Waals surface area contributed by atoms with Crippen LogP contribution in [0.4, 0.5) is 0 Å². The van der Waals surface area contributed by atoms with Gasteiger partial charge in [-0.1, -0.05) is 41.9 Å². The van der Waals surface area contributed by atoms with Crippen molar-refractivity contribution in [3.8, 4) is 0 Å². The SMILES string of the molecule is CC(C)NCCC(=O)NC(C)Cc1ccc(Br)cc1. The maximum absolute atomic E-state index is 11.7. The summed E-state index contributed by atoms with van der Waals surface area (Å²) in [5.41, 5.74) is 1.23. The van der Waals surface area contributed by atoms with Gasteiger partial charge >= 0.3 is 0 Å². The van der Waals surface area contributed by atoms with Crippen LogP contribution in [0, 0.1) is 0 Å². The summed E-state index contributed by atoms with van der Waals surface area (Å²) in [7, 11) is 0. The molecule has 19 heavy (non-hydrogen) atoms. The minimum absolute atomic E-state index is 0.109. The average molecular weight is 327 g/mol. The Labute approximate surface area is 124 Å². The molecule has 0 bridgehead atoms. The van der Waals surface area contributed by atoms with Crippen LogP contribution in [-0.4, -0.2) is 24.5 Å². The van der Waals surface area contributed by atoms with Gasteiger partial charge in [-0.25, -0.2) is 0 Å². The molecule has 106 valence electrons. The second kappa shape index (κ2) is 8.33. The van der Waals surface area contributed by atoms with Crippen molar-refractivity contribution in [1.82, 2.24) is 10.6 Å². The molecule has 2 N–H and O–H groups in total. The first-order valence-corrected chi connectivity index (χ1v) is 7.54. The van der Waals surface area contributed by atoms with Crippen LogP contribution >= 0.6 is 15.9 Å². The predicted molar refractivity (Wildman–Crippen MR) is 83.2 cm³/mol. The number of hydrogen-bond donors (Lipinski definition) is 2. The number of carbonyl (C=O) groups excluding carboxylic acids is 1. The van der Waals surface area contributed by atoms with Gasteiger partial charge in [0.1, 0.15) is 0 Å². The van der Waals surface area contributed by atoms with Crippen LogP contribution in [0.25, 0.3) is 0 Å². The van der Waals surface area contributed by atoms with Gasteiger partial charge in [-0.15, -0.1) is 0 Å². The fourth-order valence-corrected chi connectivity index (χ4v) is 2.11. The summed E-state index contributed by atoms with van der Waals surface area (Å²) in [4.78, 5) is 11.7. The van der Waals surface area contributed by atoms with Crippen molar-refractivity contribution < 1.29 is 4.79 Å². The van der Waals surface area contributed by atoms with E-state index >= 15 is 0 Å². The number of nitrogens with one attached hydrogen (secondary N) is 2. The number of carbonyl (C=O) groups is 1. The summed E-state index contributed by atoms with van der Waals surface area (Å²) < 4.78 is 1.08. The average Bonchev–Trinajstić information content (AvgIpc) is 2.31. The summed E-state index contributed by atoms with van der Waals surface area (Å²) in [5, 5.41) is 6.27. The van der Waals surface area contributed by atoms with Crippen molar-refractivity contribution in [2.24, 2.45) is 0 Å².